The van der Waals surface area contributed by atoms with E-state index in [2.05, 4.69) is 119 Å². The molecule has 0 saturated heterocycles. The Bertz CT molecular complexity index is 1430. The first-order valence-corrected chi connectivity index (χ1v) is 13.4. The van der Waals surface area contributed by atoms with Crippen LogP contribution in [0.3, 0.4) is 0 Å². The van der Waals surface area contributed by atoms with E-state index in [1.807, 2.05) is 23.5 Å². The third-order valence-corrected chi connectivity index (χ3v) is 8.40. The van der Waals surface area contributed by atoms with Crippen LogP contribution in [0.2, 0.25) is 0 Å². The Kier molecular flexibility index (Phi) is 5.92. The van der Waals surface area contributed by atoms with Gasteiger partial charge in [0.15, 0.2) is 0 Å². The summed E-state index contributed by atoms with van der Waals surface area (Å²) in [5.41, 5.74) is 7.36. The summed E-state index contributed by atoms with van der Waals surface area (Å²) in [5, 5.41) is 2.55. The highest BCUT2D eigenvalue weighted by Gasteiger charge is 2.20. The van der Waals surface area contributed by atoms with Crippen molar-refractivity contribution in [3.63, 3.8) is 0 Å². The van der Waals surface area contributed by atoms with Gasteiger partial charge >= 0.3 is 0 Å². The minimum atomic E-state index is 0.933. The molecule has 0 amide bonds. The van der Waals surface area contributed by atoms with Gasteiger partial charge in [0.1, 0.15) is 0 Å². The van der Waals surface area contributed by atoms with E-state index >= 15 is 0 Å². The molecule has 0 spiro atoms. The molecule has 0 fully saturated rings. The fraction of sp³-hybridized carbons (Fsp3) is 0.0667. The third kappa shape index (κ3) is 4.15. The van der Waals surface area contributed by atoms with Crippen molar-refractivity contribution in [2.45, 2.75) is 21.3 Å². The molecule has 0 aliphatic heterocycles. The van der Waals surface area contributed by atoms with E-state index in [1.54, 1.807) is 0 Å². The molecule has 0 atom stereocenters. The molecule has 0 unspecified atom stereocenters. The van der Waals surface area contributed by atoms with Crippen LogP contribution >= 0.6 is 23.5 Å². The van der Waals surface area contributed by atoms with Crippen LogP contribution in [0.4, 0.5) is 0 Å². The van der Waals surface area contributed by atoms with E-state index in [-0.39, 0.29) is 0 Å². The van der Waals surface area contributed by atoms with Crippen LogP contribution in [-0.2, 0) is 11.5 Å². The molecule has 2 N–H and O–H groups in total. The smallest absolute Gasteiger partial charge is 0.0780 e. The first-order chi connectivity index (χ1) is 16.9. The van der Waals surface area contributed by atoms with Crippen LogP contribution in [0.25, 0.3) is 33.2 Å². The van der Waals surface area contributed by atoms with Gasteiger partial charge in [0.05, 0.1) is 11.4 Å². The van der Waals surface area contributed by atoms with Crippen molar-refractivity contribution >= 4 is 45.3 Å². The van der Waals surface area contributed by atoms with Crippen molar-refractivity contribution in [3.05, 3.63) is 120 Å². The van der Waals surface area contributed by atoms with Gasteiger partial charge in [0.2, 0.25) is 0 Å². The van der Waals surface area contributed by atoms with E-state index in [4.69, 9.17) is 0 Å². The normalized spacial score (nSPS) is 11.4. The van der Waals surface area contributed by atoms with Crippen LogP contribution < -0.4 is 0 Å². The van der Waals surface area contributed by atoms with Crippen molar-refractivity contribution in [1.82, 2.24) is 9.97 Å². The second-order valence-corrected chi connectivity index (χ2v) is 10.3. The third-order valence-electron chi connectivity index (χ3n) is 6.02. The Hall–Kier alpha value is -3.34. The Balaban J connectivity index is 1.46. The van der Waals surface area contributed by atoms with Gasteiger partial charge in [-0.15, -0.1) is 23.5 Å². The minimum Gasteiger partial charge on any atom is -0.352 e. The summed E-state index contributed by atoms with van der Waals surface area (Å²) in [6.07, 6.45) is 0. The van der Waals surface area contributed by atoms with Crippen LogP contribution in [0, 0.1) is 0 Å². The molecular formula is C30H24N2S2. The summed E-state index contributed by atoms with van der Waals surface area (Å²) in [4.78, 5) is 10.1. The van der Waals surface area contributed by atoms with Crippen molar-refractivity contribution in [2.24, 2.45) is 0 Å². The molecule has 34 heavy (non-hydrogen) atoms. The van der Waals surface area contributed by atoms with Crippen molar-refractivity contribution in [2.75, 3.05) is 0 Å². The number of hydrogen-bond donors (Lipinski definition) is 2. The standard InChI is InChI=1S/C30H24N2S2/c1-3-11-21(12-4-1)19-33-29-23-15-7-9-17-25(23)31-27(29)28-30(24-16-8-10-18-26(24)32-28)34-20-22-13-5-2-6-14-22/h1-18,31-32H,19-20H2. The first-order valence-electron chi connectivity index (χ1n) is 11.4. The summed E-state index contributed by atoms with van der Waals surface area (Å²) in [7, 11) is 0. The number of fused-ring (bicyclic) bond motifs is 2. The number of thioether (sulfide) groups is 2. The molecule has 4 heteroatoms. The lowest BCUT2D eigenvalue weighted by Crippen LogP contribution is -1.86. The van der Waals surface area contributed by atoms with Crippen molar-refractivity contribution in [1.29, 1.82) is 0 Å². The predicted octanol–water partition coefficient (Wildman–Crippen LogP) is 8.90. The highest BCUT2D eigenvalue weighted by Crippen LogP contribution is 2.45. The van der Waals surface area contributed by atoms with E-state index in [0.29, 0.717) is 0 Å². The van der Waals surface area contributed by atoms with E-state index in [1.165, 1.54) is 54.1 Å². The molecule has 6 aromatic rings. The number of aromatic amines is 2. The SMILES string of the molecule is c1ccc(CSc2c(-c3[nH]c4ccccc4c3SCc3ccccc3)[nH]c3ccccc23)cc1. The first kappa shape index (κ1) is 21.2. The number of nitrogens with one attached hydrogen (secondary N) is 2. The van der Waals surface area contributed by atoms with Gasteiger partial charge in [-0.1, -0.05) is 97.1 Å². The molecule has 0 bridgehead atoms. The highest BCUT2D eigenvalue weighted by atomic mass is 32.2. The molecule has 0 saturated carbocycles. The molecule has 6 rings (SSSR count). The summed E-state index contributed by atoms with van der Waals surface area (Å²) in [6.45, 7) is 0. The maximum atomic E-state index is 3.75. The average Bonchev–Trinajstić information content (AvgIpc) is 3.45. The molecule has 2 aromatic heterocycles. The summed E-state index contributed by atoms with van der Waals surface area (Å²) in [6, 6.07) is 38.7. The molecular weight excluding hydrogens is 452 g/mol. The largest absolute Gasteiger partial charge is 0.352 e. The summed E-state index contributed by atoms with van der Waals surface area (Å²) in [5.74, 6) is 1.87. The monoisotopic (exact) mass is 476 g/mol. The van der Waals surface area contributed by atoms with E-state index < -0.39 is 0 Å². The zero-order valence-electron chi connectivity index (χ0n) is 18.6. The lowest BCUT2D eigenvalue weighted by Gasteiger charge is -2.08. The molecule has 0 aliphatic rings. The second-order valence-electron chi connectivity index (χ2n) is 8.30. The van der Waals surface area contributed by atoms with Gasteiger partial charge in [-0.05, 0) is 23.3 Å². The number of H-pyrrole nitrogens is 2. The molecule has 0 aliphatic carbocycles. The molecule has 2 nitrogen and oxygen atoms in total. The quantitative estimate of drug-likeness (QED) is 0.225. The minimum absolute atomic E-state index is 0.933. The van der Waals surface area contributed by atoms with Gasteiger partial charge in [0.25, 0.3) is 0 Å². The fourth-order valence-corrected chi connectivity index (χ4v) is 6.61. The number of aromatic nitrogens is 2. The van der Waals surface area contributed by atoms with Crippen LogP contribution in [0.1, 0.15) is 11.1 Å². The van der Waals surface area contributed by atoms with Gasteiger partial charge in [0, 0.05) is 43.1 Å². The highest BCUT2D eigenvalue weighted by molar-refractivity contribution is 7.99. The predicted molar refractivity (Wildman–Crippen MR) is 148 cm³/mol. The topological polar surface area (TPSA) is 31.6 Å². The second kappa shape index (κ2) is 9.49. The number of rotatable bonds is 7. The Morgan fingerprint density at radius 3 is 1.26 bits per heavy atom. The van der Waals surface area contributed by atoms with E-state index in [9.17, 15) is 0 Å². The lowest BCUT2D eigenvalue weighted by molar-refractivity contribution is 1.29. The van der Waals surface area contributed by atoms with Gasteiger partial charge < -0.3 is 9.97 Å². The fourth-order valence-electron chi connectivity index (χ4n) is 4.34. The van der Waals surface area contributed by atoms with Crippen LogP contribution in [0.15, 0.2) is 119 Å². The van der Waals surface area contributed by atoms with Gasteiger partial charge in [-0.2, -0.15) is 0 Å². The zero-order valence-corrected chi connectivity index (χ0v) is 20.3. The average molecular weight is 477 g/mol. The molecule has 0 radical (unpaired) electrons. The summed E-state index contributed by atoms with van der Waals surface area (Å²) < 4.78 is 0. The summed E-state index contributed by atoms with van der Waals surface area (Å²) >= 11 is 3.81. The van der Waals surface area contributed by atoms with Crippen molar-refractivity contribution in [3.8, 4) is 11.4 Å². The van der Waals surface area contributed by atoms with Crippen molar-refractivity contribution < 1.29 is 0 Å². The zero-order chi connectivity index (χ0) is 22.7. The number of hydrogen-bond acceptors (Lipinski definition) is 2. The lowest BCUT2D eigenvalue weighted by atomic mass is 10.2. The Morgan fingerprint density at radius 1 is 0.441 bits per heavy atom. The van der Waals surface area contributed by atoms with Crippen LogP contribution in [0.5, 0.6) is 0 Å². The van der Waals surface area contributed by atoms with Crippen LogP contribution in [-0.4, -0.2) is 9.97 Å². The molecule has 2 heterocycles. The number of para-hydroxylation sites is 2. The van der Waals surface area contributed by atoms with E-state index in [0.717, 1.165) is 11.5 Å². The Morgan fingerprint density at radius 2 is 0.824 bits per heavy atom. The Labute approximate surface area is 207 Å². The molecule has 166 valence electrons. The molecule has 4 aromatic carbocycles. The maximum Gasteiger partial charge on any atom is 0.0780 e. The van der Waals surface area contributed by atoms with Gasteiger partial charge in [-0.25, -0.2) is 0 Å². The van der Waals surface area contributed by atoms with Gasteiger partial charge in [-0.3, -0.25) is 0 Å². The maximum absolute atomic E-state index is 3.75. The number of benzene rings is 4.